The molecule has 0 saturated heterocycles. The number of nitrogens with one attached hydrogen (secondary N) is 1. The van der Waals surface area contributed by atoms with Gasteiger partial charge in [0.15, 0.2) is 0 Å². The summed E-state index contributed by atoms with van der Waals surface area (Å²) in [4.78, 5) is 27.4. The second-order valence-corrected chi connectivity index (χ2v) is 7.40. The molecule has 3 rings (SSSR count). The number of carbonyl (C=O) groups is 2. The van der Waals surface area contributed by atoms with Gasteiger partial charge in [0.25, 0.3) is 5.91 Å². The zero-order valence-corrected chi connectivity index (χ0v) is 16.2. The molecular formula is C23H28N2O2. The van der Waals surface area contributed by atoms with Crippen molar-refractivity contribution in [3.8, 4) is 0 Å². The molecule has 2 amide bonds. The molecule has 1 aliphatic carbocycles. The van der Waals surface area contributed by atoms with Crippen molar-refractivity contribution in [3.05, 3.63) is 65.2 Å². The van der Waals surface area contributed by atoms with E-state index >= 15 is 0 Å². The van der Waals surface area contributed by atoms with Gasteiger partial charge in [0.1, 0.15) is 0 Å². The Morgan fingerprint density at radius 1 is 1.00 bits per heavy atom. The first-order chi connectivity index (χ1) is 13.1. The standard InChI is InChI=1S/C23H28N2O2/c1-17-10-6-7-11-18(17)16-22(26)24-21-15-9-8-14-20(21)23(27)25(2)19-12-4-3-5-13-19/h6-11,14-15,19H,3-5,12-13,16H2,1-2H3,(H,24,26). The minimum absolute atomic E-state index is 0.0197. The van der Waals surface area contributed by atoms with E-state index < -0.39 is 0 Å². The van der Waals surface area contributed by atoms with E-state index in [1.165, 1.54) is 19.3 Å². The summed E-state index contributed by atoms with van der Waals surface area (Å²) in [5.41, 5.74) is 3.24. The highest BCUT2D eigenvalue weighted by Crippen LogP contribution is 2.25. The van der Waals surface area contributed by atoms with Crippen molar-refractivity contribution >= 4 is 17.5 Å². The summed E-state index contributed by atoms with van der Waals surface area (Å²) in [6.45, 7) is 2.00. The molecule has 1 N–H and O–H groups in total. The van der Waals surface area contributed by atoms with Crippen LogP contribution in [0.5, 0.6) is 0 Å². The summed E-state index contributed by atoms with van der Waals surface area (Å²) in [6.07, 6.45) is 6.03. The topological polar surface area (TPSA) is 49.4 Å². The summed E-state index contributed by atoms with van der Waals surface area (Å²) in [7, 11) is 1.88. The zero-order chi connectivity index (χ0) is 19.2. The Balaban J connectivity index is 1.72. The van der Waals surface area contributed by atoms with Crippen LogP contribution in [0.3, 0.4) is 0 Å². The maximum atomic E-state index is 13.0. The molecule has 0 radical (unpaired) electrons. The fraction of sp³-hybridized carbons (Fsp3) is 0.391. The number of aryl methyl sites for hydroxylation is 1. The quantitative estimate of drug-likeness (QED) is 0.844. The molecule has 4 heteroatoms. The number of carbonyl (C=O) groups excluding carboxylic acids is 2. The average molecular weight is 364 g/mol. The third kappa shape index (κ3) is 4.76. The van der Waals surface area contributed by atoms with E-state index in [0.29, 0.717) is 23.7 Å². The van der Waals surface area contributed by atoms with Crippen molar-refractivity contribution in [1.82, 2.24) is 4.90 Å². The van der Waals surface area contributed by atoms with Crippen molar-refractivity contribution < 1.29 is 9.59 Å². The fourth-order valence-electron chi connectivity index (χ4n) is 3.78. The molecule has 2 aromatic rings. The van der Waals surface area contributed by atoms with Crippen molar-refractivity contribution in [3.63, 3.8) is 0 Å². The van der Waals surface area contributed by atoms with Gasteiger partial charge in [-0.25, -0.2) is 0 Å². The van der Waals surface area contributed by atoms with Gasteiger partial charge < -0.3 is 10.2 Å². The van der Waals surface area contributed by atoms with Crippen LogP contribution in [0.25, 0.3) is 0 Å². The Bertz CT molecular complexity index is 810. The third-order valence-electron chi connectivity index (χ3n) is 5.49. The highest BCUT2D eigenvalue weighted by molar-refractivity contribution is 6.04. The van der Waals surface area contributed by atoms with E-state index in [1.807, 2.05) is 55.3 Å². The van der Waals surface area contributed by atoms with Gasteiger partial charge in [-0.2, -0.15) is 0 Å². The van der Waals surface area contributed by atoms with E-state index in [1.54, 1.807) is 12.1 Å². The van der Waals surface area contributed by atoms with Crippen molar-refractivity contribution in [1.29, 1.82) is 0 Å². The summed E-state index contributed by atoms with van der Waals surface area (Å²) in [5.74, 6) is -0.126. The number of hydrogen-bond acceptors (Lipinski definition) is 2. The van der Waals surface area contributed by atoms with Gasteiger partial charge in [-0.1, -0.05) is 55.7 Å². The third-order valence-corrected chi connectivity index (χ3v) is 5.49. The lowest BCUT2D eigenvalue weighted by Crippen LogP contribution is -2.38. The zero-order valence-electron chi connectivity index (χ0n) is 16.2. The number of benzene rings is 2. The Labute approximate surface area is 161 Å². The minimum atomic E-state index is -0.107. The van der Waals surface area contributed by atoms with Crippen LogP contribution >= 0.6 is 0 Å². The number of para-hydroxylation sites is 1. The lowest BCUT2D eigenvalue weighted by atomic mass is 9.94. The van der Waals surface area contributed by atoms with Crippen LogP contribution in [-0.4, -0.2) is 29.8 Å². The van der Waals surface area contributed by atoms with E-state index in [2.05, 4.69) is 5.32 Å². The predicted molar refractivity (Wildman–Crippen MR) is 109 cm³/mol. The summed E-state index contributed by atoms with van der Waals surface area (Å²) < 4.78 is 0. The lowest BCUT2D eigenvalue weighted by Gasteiger charge is -2.31. The number of amides is 2. The molecule has 2 aromatic carbocycles. The second kappa shape index (κ2) is 8.85. The number of anilines is 1. The van der Waals surface area contributed by atoms with E-state index in [9.17, 15) is 9.59 Å². The van der Waals surface area contributed by atoms with Crippen LogP contribution in [-0.2, 0) is 11.2 Å². The summed E-state index contributed by atoms with van der Waals surface area (Å²) in [5, 5.41) is 2.94. The molecule has 27 heavy (non-hydrogen) atoms. The first-order valence-electron chi connectivity index (χ1n) is 9.77. The van der Waals surface area contributed by atoms with Crippen LogP contribution in [0.1, 0.15) is 53.6 Å². The van der Waals surface area contributed by atoms with Crippen molar-refractivity contribution in [2.24, 2.45) is 0 Å². The maximum absolute atomic E-state index is 13.0. The smallest absolute Gasteiger partial charge is 0.255 e. The van der Waals surface area contributed by atoms with Gasteiger partial charge in [-0.15, -0.1) is 0 Å². The van der Waals surface area contributed by atoms with Crippen LogP contribution in [0.2, 0.25) is 0 Å². The summed E-state index contributed by atoms with van der Waals surface area (Å²) >= 11 is 0. The fourth-order valence-corrected chi connectivity index (χ4v) is 3.78. The highest BCUT2D eigenvalue weighted by atomic mass is 16.2. The Morgan fingerprint density at radius 3 is 2.41 bits per heavy atom. The molecule has 0 bridgehead atoms. The Kier molecular flexibility index (Phi) is 6.28. The molecule has 0 unspecified atom stereocenters. The van der Waals surface area contributed by atoms with Gasteiger partial charge in [0, 0.05) is 13.1 Å². The molecule has 1 aliphatic rings. The normalized spacial score (nSPS) is 14.6. The molecule has 0 spiro atoms. The molecule has 0 atom stereocenters. The molecule has 4 nitrogen and oxygen atoms in total. The van der Waals surface area contributed by atoms with E-state index in [4.69, 9.17) is 0 Å². The second-order valence-electron chi connectivity index (χ2n) is 7.40. The molecule has 0 aliphatic heterocycles. The Morgan fingerprint density at radius 2 is 1.67 bits per heavy atom. The molecule has 1 fully saturated rings. The molecule has 142 valence electrons. The number of hydrogen-bond donors (Lipinski definition) is 1. The molecule has 0 aromatic heterocycles. The SMILES string of the molecule is Cc1ccccc1CC(=O)Nc1ccccc1C(=O)N(C)C1CCCCC1. The van der Waals surface area contributed by atoms with Crippen molar-refractivity contribution in [2.45, 2.75) is 51.5 Å². The first-order valence-corrected chi connectivity index (χ1v) is 9.77. The van der Waals surface area contributed by atoms with Crippen LogP contribution in [0.4, 0.5) is 5.69 Å². The first kappa shape index (κ1) is 19.2. The van der Waals surface area contributed by atoms with Crippen molar-refractivity contribution in [2.75, 3.05) is 12.4 Å². The monoisotopic (exact) mass is 364 g/mol. The highest BCUT2D eigenvalue weighted by Gasteiger charge is 2.24. The number of rotatable bonds is 5. The van der Waals surface area contributed by atoms with Gasteiger partial charge in [0.05, 0.1) is 17.7 Å². The van der Waals surface area contributed by atoms with E-state index in [-0.39, 0.29) is 11.8 Å². The van der Waals surface area contributed by atoms with Gasteiger partial charge in [0.2, 0.25) is 5.91 Å². The number of nitrogens with zero attached hydrogens (tertiary/aromatic N) is 1. The van der Waals surface area contributed by atoms with Gasteiger partial charge in [-0.05, 0) is 43.0 Å². The van der Waals surface area contributed by atoms with E-state index in [0.717, 1.165) is 24.0 Å². The average Bonchev–Trinajstić information content (AvgIpc) is 2.70. The van der Waals surface area contributed by atoms with Crippen LogP contribution in [0, 0.1) is 6.92 Å². The molecule has 0 heterocycles. The summed E-state index contributed by atoms with van der Waals surface area (Å²) in [6, 6.07) is 15.4. The Hall–Kier alpha value is -2.62. The largest absolute Gasteiger partial charge is 0.339 e. The van der Waals surface area contributed by atoms with Crippen LogP contribution < -0.4 is 5.32 Å². The molecular weight excluding hydrogens is 336 g/mol. The van der Waals surface area contributed by atoms with Crippen LogP contribution in [0.15, 0.2) is 48.5 Å². The van der Waals surface area contributed by atoms with Gasteiger partial charge >= 0.3 is 0 Å². The molecule has 1 saturated carbocycles. The maximum Gasteiger partial charge on any atom is 0.255 e. The predicted octanol–water partition coefficient (Wildman–Crippen LogP) is 4.58. The minimum Gasteiger partial charge on any atom is -0.339 e. The lowest BCUT2D eigenvalue weighted by molar-refractivity contribution is -0.115. The van der Waals surface area contributed by atoms with Gasteiger partial charge in [-0.3, -0.25) is 9.59 Å².